The minimum atomic E-state index is -1.03. The highest BCUT2D eigenvalue weighted by molar-refractivity contribution is 6.13. The van der Waals surface area contributed by atoms with E-state index in [1.54, 1.807) is 41.3 Å². The van der Waals surface area contributed by atoms with E-state index in [4.69, 9.17) is 0 Å². The molecule has 0 spiro atoms. The van der Waals surface area contributed by atoms with Crippen molar-refractivity contribution in [3.63, 3.8) is 0 Å². The molecule has 2 aliphatic rings. The third kappa shape index (κ3) is 3.66. The number of rotatable bonds is 4. The molecule has 2 aromatic rings. The van der Waals surface area contributed by atoms with E-state index in [-0.39, 0.29) is 17.6 Å². The number of piperazine rings is 1. The van der Waals surface area contributed by atoms with Crippen LogP contribution in [0.25, 0.3) is 0 Å². The topological polar surface area (TPSA) is 76.4 Å². The van der Waals surface area contributed by atoms with Crippen LogP contribution >= 0.6 is 0 Å². The first-order valence-electron chi connectivity index (χ1n) is 9.64. The smallest absolute Gasteiger partial charge is 0.240 e. The highest BCUT2D eigenvalue weighted by Crippen LogP contribution is 2.48. The van der Waals surface area contributed by atoms with E-state index in [9.17, 15) is 19.2 Å². The monoisotopic (exact) mass is 392 g/mol. The van der Waals surface area contributed by atoms with Crippen LogP contribution in [0.15, 0.2) is 48.5 Å². The fraction of sp³-hybridized carbons (Fsp3) is 0.318. The van der Waals surface area contributed by atoms with E-state index in [0.29, 0.717) is 50.3 Å². The number of carbonyl (C=O) groups excluding carboxylic acids is 2. The summed E-state index contributed by atoms with van der Waals surface area (Å²) >= 11 is 0. The highest BCUT2D eigenvalue weighted by Gasteiger charge is 2.58. The predicted octanol–water partition coefficient (Wildman–Crippen LogP) is 2.76. The molecule has 6 nitrogen and oxygen atoms in total. The summed E-state index contributed by atoms with van der Waals surface area (Å²) in [5.74, 6) is -0.767. The second-order valence-corrected chi connectivity index (χ2v) is 7.45. The molecule has 1 saturated carbocycles. The molecule has 1 aliphatic carbocycles. The van der Waals surface area contributed by atoms with Crippen molar-refractivity contribution in [3.8, 4) is 6.07 Å². The summed E-state index contributed by atoms with van der Waals surface area (Å²) < 4.78 is 13.1. The van der Waals surface area contributed by atoms with Crippen molar-refractivity contribution in [2.24, 2.45) is 5.41 Å². The average Bonchev–Trinajstić information content (AvgIpc) is 3.56. The van der Waals surface area contributed by atoms with Crippen molar-refractivity contribution < 1.29 is 14.0 Å². The molecule has 0 radical (unpaired) electrons. The van der Waals surface area contributed by atoms with Crippen molar-refractivity contribution in [1.82, 2.24) is 4.90 Å². The lowest BCUT2D eigenvalue weighted by Gasteiger charge is -2.37. The van der Waals surface area contributed by atoms with Gasteiger partial charge in [0.1, 0.15) is 17.3 Å². The van der Waals surface area contributed by atoms with E-state index in [1.165, 1.54) is 12.1 Å². The van der Waals surface area contributed by atoms with Gasteiger partial charge in [-0.25, -0.2) is 4.39 Å². The normalized spacial score (nSPS) is 17.4. The fourth-order valence-corrected chi connectivity index (χ4v) is 3.72. The Labute approximate surface area is 168 Å². The van der Waals surface area contributed by atoms with E-state index >= 15 is 0 Å². The summed E-state index contributed by atoms with van der Waals surface area (Å²) in [6, 6.07) is 15.1. The Hall–Kier alpha value is -3.40. The van der Waals surface area contributed by atoms with Crippen LogP contribution in [0, 0.1) is 22.6 Å². The Morgan fingerprint density at radius 3 is 2.28 bits per heavy atom. The molecule has 0 atom stereocenters. The summed E-state index contributed by atoms with van der Waals surface area (Å²) in [5.41, 5.74) is 0.698. The number of amides is 2. The molecule has 4 rings (SSSR count). The van der Waals surface area contributed by atoms with E-state index in [0.717, 1.165) is 5.69 Å². The Balaban J connectivity index is 1.40. The maximum Gasteiger partial charge on any atom is 0.240 e. The number of carbonyl (C=O) groups is 2. The first-order valence-corrected chi connectivity index (χ1v) is 9.64. The highest BCUT2D eigenvalue weighted by atomic mass is 19.1. The Morgan fingerprint density at radius 2 is 1.66 bits per heavy atom. The maximum atomic E-state index is 13.1. The molecule has 1 heterocycles. The Kier molecular flexibility index (Phi) is 4.93. The van der Waals surface area contributed by atoms with Gasteiger partial charge in [0.25, 0.3) is 0 Å². The van der Waals surface area contributed by atoms with Gasteiger partial charge in [-0.05, 0) is 49.2 Å². The van der Waals surface area contributed by atoms with E-state index in [2.05, 4.69) is 16.3 Å². The van der Waals surface area contributed by atoms with Crippen molar-refractivity contribution in [2.75, 3.05) is 36.4 Å². The summed E-state index contributed by atoms with van der Waals surface area (Å²) in [6.45, 7) is 2.29. The quantitative estimate of drug-likeness (QED) is 0.812. The third-order valence-corrected chi connectivity index (χ3v) is 5.65. The zero-order chi connectivity index (χ0) is 20.4. The first kappa shape index (κ1) is 18.9. The summed E-state index contributed by atoms with van der Waals surface area (Å²) in [5, 5.41) is 12.0. The zero-order valence-corrected chi connectivity index (χ0v) is 15.9. The van der Waals surface area contributed by atoms with Gasteiger partial charge in [0.2, 0.25) is 11.8 Å². The fourth-order valence-electron chi connectivity index (χ4n) is 3.72. The average molecular weight is 392 g/mol. The van der Waals surface area contributed by atoms with Gasteiger partial charge in [0.15, 0.2) is 0 Å². The van der Waals surface area contributed by atoms with Crippen LogP contribution in [0.4, 0.5) is 15.8 Å². The molecule has 1 saturated heterocycles. The van der Waals surface area contributed by atoms with Gasteiger partial charge in [0.05, 0.1) is 11.3 Å². The number of benzene rings is 2. The van der Waals surface area contributed by atoms with Crippen LogP contribution in [0.1, 0.15) is 18.4 Å². The molecule has 7 heteroatoms. The van der Waals surface area contributed by atoms with Crippen LogP contribution in [0.5, 0.6) is 0 Å². The first-order chi connectivity index (χ1) is 14.0. The molecule has 148 valence electrons. The van der Waals surface area contributed by atoms with Crippen LogP contribution in [-0.2, 0) is 9.59 Å². The van der Waals surface area contributed by atoms with Crippen molar-refractivity contribution in [2.45, 2.75) is 12.8 Å². The van der Waals surface area contributed by atoms with Gasteiger partial charge in [-0.15, -0.1) is 0 Å². The molecule has 0 bridgehead atoms. The molecule has 29 heavy (non-hydrogen) atoms. The van der Waals surface area contributed by atoms with Gasteiger partial charge in [-0.2, -0.15) is 5.26 Å². The number of hydrogen-bond acceptors (Lipinski definition) is 4. The Bertz CT molecular complexity index is 971. The number of hydrogen-bond donors (Lipinski definition) is 1. The van der Waals surface area contributed by atoms with Gasteiger partial charge in [-0.3, -0.25) is 9.59 Å². The van der Waals surface area contributed by atoms with E-state index in [1.807, 2.05) is 0 Å². The number of halogens is 1. The number of para-hydroxylation sites is 1. The number of nitrogens with zero attached hydrogens (tertiary/aromatic N) is 3. The maximum absolute atomic E-state index is 13.1. The molecule has 1 aliphatic heterocycles. The Morgan fingerprint density at radius 1 is 1.00 bits per heavy atom. The second-order valence-electron chi connectivity index (χ2n) is 7.45. The third-order valence-electron chi connectivity index (χ3n) is 5.65. The molecule has 2 aromatic carbocycles. The largest absolute Gasteiger partial charge is 0.368 e. The summed E-state index contributed by atoms with van der Waals surface area (Å²) in [7, 11) is 0. The molecule has 0 unspecified atom stereocenters. The van der Waals surface area contributed by atoms with Gasteiger partial charge < -0.3 is 15.1 Å². The second kappa shape index (κ2) is 7.55. The van der Waals surface area contributed by atoms with Crippen molar-refractivity contribution in [3.05, 3.63) is 59.9 Å². The lowest BCUT2D eigenvalue weighted by atomic mass is 10.0. The number of anilines is 2. The molecular weight excluding hydrogens is 371 g/mol. The standard InChI is InChI=1S/C22H21FN4O2/c23-17-5-7-18(8-6-17)26-11-13-27(14-12-26)21(29)22(9-10-22)20(28)25-19-4-2-1-3-16(19)15-24/h1-8H,9-14H2,(H,25,28). The number of nitriles is 1. The zero-order valence-electron chi connectivity index (χ0n) is 15.9. The van der Waals surface area contributed by atoms with Gasteiger partial charge >= 0.3 is 0 Å². The SMILES string of the molecule is N#Cc1ccccc1NC(=O)C1(C(=O)N2CCN(c3ccc(F)cc3)CC2)CC1. The van der Waals surface area contributed by atoms with Crippen LogP contribution in [0.2, 0.25) is 0 Å². The summed E-state index contributed by atoms with van der Waals surface area (Å²) in [4.78, 5) is 29.8. The minimum absolute atomic E-state index is 0.150. The summed E-state index contributed by atoms with van der Waals surface area (Å²) in [6.07, 6.45) is 1.04. The van der Waals surface area contributed by atoms with Crippen molar-refractivity contribution >= 4 is 23.2 Å². The molecule has 2 fully saturated rings. The van der Waals surface area contributed by atoms with Gasteiger partial charge in [0, 0.05) is 31.9 Å². The number of nitrogens with one attached hydrogen (secondary N) is 1. The lowest BCUT2D eigenvalue weighted by Crippen LogP contribution is -2.52. The van der Waals surface area contributed by atoms with Crippen LogP contribution < -0.4 is 10.2 Å². The molecule has 0 aromatic heterocycles. The molecule has 1 N–H and O–H groups in total. The van der Waals surface area contributed by atoms with Crippen LogP contribution in [0.3, 0.4) is 0 Å². The predicted molar refractivity (Wildman–Crippen MR) is 107 cm³/mol. The van der Waals surface area contributed by atoms with Gasteiger partial charge in [-0.1, -0.05) is 12.1 Å². The van der Waals surface area contributed by atoms with Crippen molar-refractivity contribution in [1.29, 1.82) is 5.26 Å². The minimum Gasteiger partial charge on any atom is -0.368 e. The van der Waals surface area contributed by atoms with Crippen LogP contribution in [-0.4, -0.2) is 42.9 Å². The molecule has 2 amide bonds. The molecular formula is C22H21FN4O2. The van der Waals surface area contributed by atoms with E-state index < -0.39 is 5.41 Å². The lowest BCUT2D eigenvalue weighted by molar-refractivity contribution is -0.142.